The highest BCUT2D eigenvalue weighted by Crippen LogP contribution is 2.48. The van der Waals surface area contributed by atoms with E-state index in [-0.39, 0.29) is 11.9 Å². The Balaban J connectivity index is 1.71. The number of hydrogen-bond donors (Lipinski definition) is 2. The fourth-order valence-electron chi connectivity index (χ4n) is 3.67. The lowest BCUT2D eigenvalue weighted by atomic mass is 9.81. The number of rotatable bonds is 3. The van der Waals surface area contributed by atoms with Gasteiger partial charge in [0.25, 0.3) is 0 Å². The number of nitrogens with zero attached hydrogens (tertiary/aromatic N) is 3. The Hall–Kier alpha value is -2.05. The molecule has 0 spiro atoms. The minimum atomic E-state index is -0.765. The van der Waals surface area contributed by atoms with Crippen LogP contribution >= 0.6 is 0 Å². The average molecular weight is 292 g/mol. The lowest BCUT2D eigenvalue weighted by Crippen LogP contribution is -2.39. The third-order valence-corrected chi connectivity index (χ3v) is 4.83. The maximum Gasteiger partial charge on any atom is 0.323 e. The van der Waals surface area contributed by atoms with E-state index in [9.17, 15) is 14.7 Å². The van der Waals surface area contributed by atoms with Crippen LogP contribution in [0.2, 0.25) is 0 Å². The summed E-state index contributed by atoms with van der Waals surface area (Å²) in [6.45, 7) is 3.45. The van der Waals surface area contributed by atoms with Crippen LogP contribution in [0.5, 0.6) is 0 Å². The zero-order valence-corrected chi connectivity index (χ0v) is 12.1. The van der Waals surface area contributed by atoms with E-state index in [1.165, 1.54) is 0 Å². The minimum Gasteiger partial charge on any atom is -0.481 e. The van der Waals surface area contributed by atoms with Crippen molar-refractivity contribution in [3.05, 3.63) is 12.3 Å². The van der Waals surface area contributed by atoms with Gasteiger partial charge in [0.05, 0.1) is 11.6 Å². The van der Waals surface area contributed by atoms with Crippen LogP contribution < -0.4 is 5.32 Å². The third kappa shape index (κ3) is 2.16. The zero-order chi connectivity index (χ0) is 15.0. The van der Waals surface area contributed by atoms with Gasteiger partial charge < -0.3 is 10.0 Å². The Kier molecular flexibility index (Phi) is 3.35. The zero-order valence-electron chi connectivity index (χ0n) is 12.1. The van der Waals surface area contributed by atoms with Gasteiger partial charge in [-0.1, -0.05) is 6.42 Å². The number of carbonyl (C=O) groups excluding carboxylic acids is 1. The molecule has 2 atom stereocenters. The summed E-state index contributed by atoms with van der Waals surface area (Å²) >= 11 is 0. The van der Waals surface area contributed by atoms with Gasteiger partial charge in [-0.15, -0.1) is 0 Å². The molecule has 0 bridgehead atoms. The maximum absolute atomic E-state index is 12.4. The van der Waals surface area contributed by atoms with Gasteiger partial charge in [-0.3, -0.25) is 10.1 Å². The molecule has 1 aromatic heterocycles. The summed E-state index contributed by atoms with van der Waals surface area (Å²) in [6.07, 6.45) is 4.14. The number of aliphatic carboxylic acids is 1. The second kappa shape index (κ2) is 5.05. The molecule has 21 heavy (non-hydrogen) atoms. The number of carbonyl (C=O) groups is 2. The van der Waals surface area contributed by atoms with Gasteiger partial charge in [0, 0.05) is 25.7 Å². The second-order valence-corrected chi connectivity index (χ2v) is 5.89. The molecule has 0 aromatic carbocycles. The first-order valence-electron chi connectivity index (χ1n) is 7.38. The molecule has 2 N–H and O–H groups in total. The first kappa shape index (κ1) is 13.9. The van der Waals surface area contributed by atoms with Crippen LogP contribution in [-0.4, -0.2) is 44.9 Å². The van der Waals surface area contributed by atoms with Crippen molar-refractivity contribution in [2.24, 2.45) is 11.3 Å². The van der Waals surface area contributed by atoms with Crippen LogP contribution in [0, 0.1) is 11.3 Å². The number of urea groups is 1. The third-order valence-electron chi connectivity index (χ3n) is 4.83. The lowest BCUT2D eigenvalue weighted by Gasteiger charge is -2.23. The first-order chi connectivity index (χ1) is 10.1. The van der Waals surface area contributed by atoms with Crippen LogP contribution in [0.25, 0.3) is 0 Å². The highest BCUT2D eigenvalue weighted by Gasteiger charge is 2.55. The quantitative estimate of drug-likeness (QED) is 0.886. The molecule has 1 saturated carbocycles. The summed E-state index contributed by atoms with van der Waals surface area (Å²) in [5.41, 5.74) is -0.734. The number of hydrogen-bond acceptors (Lipinski definition) is 3. The topological polar surface area (TPSA) is 87.5 Å². The number of aryl methyl sites for hydroxylation is 1. The predicted octanol–water partition coefficient (Wildman–Crippen LogP) is 1.62. The number of fused-ring (bicyclic) bond motifs is 1. The highest BCUT2D eigenvalue weighted by molar-refractivity contribution is 5.89. The highest BCUT2D eigenvalue weighted by atomic mass is 16.4. The molecule has 114 valence electrons. The second-order valence-electron chi connectivity index (χ2n) is 5.89. The lowest BCUT2D eigenvalue weighted by molar-refractivity contribution is -0.149. The molecule has 0 radical (unpaired) electrons. The standard InChI is InChI=1S/C14H20N4O3/c1-2-18-11(5-7-15-18)16-13(21)17-8-10-4-3-6-14(10,9-17)12(19)20/h5,7,10H,2-4,6,8-9H2,1H3,(H,16,21)(H,19,20)/t10-,14+/m0/s1. The SMILES string of the molecule is CCn1nccc1NC(=O)N1C[C@@H]2CCC[C@@]2(C(=O)O)C1. The Morgan fingerprint density at radius 2 is 2.38 bits per heavy atom. The number of carboxylic acids is 1. The van der Waals surface area contributed by atoms with Gasteiger partial charge in [0.2, 0.25) is 0 Å². The molecule has 1 saturated heterocycles. The van der Waals surface area contributed by atoms with Gasteiger partial charge >= 0.3 is 12.0 Å². The summed E-state index contributed by atoms with van der Waals surface area (Å²) < 4.78 is 1.70. The molecule has 2 aliphatic rings. The van der Waals surface area contributed by atoms with E-state index in [0.717, 1.165) is 12.8 Å². The normalized spacial score (nSPS) is 27.7. The maximum atomic E-state index is 12.4. The van der Waals surface area contributed by atoms with Crippen molar-refractivity contribution in [2.75, 3.05) is 18.4 Å². The van der Waals surface area contributed by atoms with E-state index in [1.807, 2.05) is 6.92 Å². The number of likely N-dealkylation sites (tertiary alicyclic amines) is 1. The molecule has 0 unspecified atom stereocenters. The van der Waals surface area contributed by atoms with Gasteiger partial charge in [0.15, 0.2) is 0 Å². The molecule has 3 rings (SSSR count). The Morgan fingerprint density at radius 3 is 3.05 bits per heavy atom. The molecular formula is C14H20N4O3. The average Bonchev–Trinajstić information content (AvgIpc) is 3.10. The molecule has 2 amide bonds. The van der Waals surface area contributed by atoms with E-state index in [0.29, 0.717) is 31.9 Å². The smallest absolute Gasteiger partial charge is 0.323 e. The molecular weight excluding hydrogens is 272 g/mol. The summed E-state index contributed by atoms with van der Waals surface area (Å²) in [6, 6.07) is 1.51. The van der Waals surface area contributed by atoms with Crippen molar-refractivity contribution in [3.8, 4) is 0 Å². The Bertz CT molecular complexity index is 570. The van der Waals surface area contributed by atoms with Crippen molar-refractivity contribution < 1.29 is 14.7 Å². The fourth-order valence-corrected chi connectivity index (χ4v) is 3.67. The van der Waals surface area contributed by atoms with E-state index >= 15 is 0 Å². The Labute approximate surface area is 122 Å². The summed E-state index contributed by atoms with van der Waals surface area (Å²) in [5, 5.41) is 16.5. The van der Waals surface area contributed by atoms with Crippen LogP contribution in [0.4, 0.5) is 10.6 Å². The van der Waals surface area contributed by atoms with Crippen LogP contribution in [0.15, 0.2) is 12.3 Å². The Morgan fingerprint density at radius 1 is 1.57 bits per heavy atom. The van der Waals surface area contributed by atoms with Gasteiger partial charge in [-0.05, 0) is 25.7 Å². The van der Waals surface area contributed by atoms with E-state index in [1.54, 1.807) is 21.8 Å². The van der Waals surface area contributed by atoms with Gasteiger partial charge in [0.1, 0.15) is 5.82 Å². The number of amides is 2. The molecule has 1 aliphatic carbocycles. The summed E-state index contributed by atoms with van der Waals surface area (Å²) in [5.74, 6) is -0.0420. The monoisotopic (exact) mass is 292 g/mol. The van der Waals surface area contributed by atoms with Crippen molar-refractivity contribution in [1.29, 1.82) is 0 Å². The van der Waals surface area contributed by atoms with Crippen molar-refractivity contribution in [1.82, 2.24) is 14.7 Å². The van der Waals surface area contributed by atoms with Crippen LogP contribution in [0.3, 0.4) is 0 Å². The van der Waals surface area contributed by atoms with Crippen LogP contribution in [-0.2, 0) is 11.3 Å². The number of anilines is 1. The van der Waals surface area contributed by atoms with Crippen molar-refractivity contribution in [3.63, 3.8) is 0 Å². The van der Waals surface area contributed by atoms with E-state index in [4.69, 9.17) is 0 Å². The first-order valence-corrected chi connectivity index (χ1v) is 7.38. The molecule has 2 fully saturated rings. The van der Waals surface area contributed by atoms with Crippen molar-refractivity contribution >= 4 is 17.8 Å². The van der Waals surface area contributed by atoms with E-state index in [2.05, 4.69) is 10.4 Å². The molecule has 1 aromatic rings. The molecule has 1 aliphatic heterocycles. The summed E-state index contributed by atoms with van der Waals surface area (Å²) in [7, 11) is 0. The molecule has 7 nitrogen and oxygen atoms in total. The van der Waals surface area contributed by atoms with Crippen molar-refractivity contribution in [2.45, 2.75) is 32.7 Å². The van der Waals surface area contributed by atoms with Gasteiger partial charge in [-0.25, -0.2) is 9.48 Å². The van der Waals surface area contributed by atoms with E-state index < -0.39 is 11.4 Å². The molecule has 7 heteroatoms. The predicted molar refractivity (Wildman–Crippen MR) is 75.9 cm³/mol. The minimum absolute atomic E-state index is 0.0804. The molecule has 2 heterocycles. The number of aromatic nitrogens is 2. The fraction of sp³-hybridized carbons (Fsp3) is 0.643. The number of carboxylic acid groups (broad SMARTS) is 1. The number of nitrogens with one attached hydrogen (secondary N) is 1. The van der Waals surface area contributed by atoms with Crippen LogP contribution in [0.1, 0.15) is 26.2 Å². The van der Waals surface area contributed by atoms with Gasteiger partial charge in [-0.2, -0.15) is 5.10 Å². The largest absolute Gasteiger partial charge is 0.481 e. The summed E-state index contributed by atoms with van der Waals surface area (Å²) in [4.78, 5) is 25.6.